The Kier molecular flexibility index (Phi) is 3.30. The first-order valence-electron chi connectivity index (χ1n) is 5.65. The summed E-state index contributed by atoms with van der Waals surface area (Å²) < 4.78 is 0. The standard InChI is InChI=1S/C14H15NO/c1-2-12(16)9-8-11-5-3-7-14-13(11)6-4-10-15-14/h3-7,10H,2,8-9H2,1H3. The maximum absolute atomic E-state index is 11.3. The van der Waals surface area contributed by atoms with Crippen LogP contribution in [0.1, 0.15) is 25.3 Å². The summed E-state index contributed by atoms with van der Waals surface area (Å²) in [5.74, 6) is 0.320. The van der Waals surface area contributed by atoms with E-state index in [4.69, 9.17) is 0 Å². The fraction of sp³-hybridized carbons (Fsp3) is 0.286. The molecule has 0 saturated carbocycles. The van der Waals surface area contributed by atoms with Gasteiger partial charge in [-0.3, -0.25) is 9.78 Å². The molecule has 0 spiro atoms. The fourth-order valence-corrected chi connectivity index (χ4v) is 1.84. The van der Waals surface area contributed by atoms with Crippen LogP contribution in [0.4, 0.5) is 0 Å². The number of fused-ring (bicyclic) bond motifs is 1. The van der Waals surface area contributed by atoms with E-state index in [1.807, 2.05) is 25.1 Å². The Morgan fingerprint density at radius 1 is 1.25 bits per heavy atom. The highest BCUT2D eigenvalue weighted by molar-refractivity contribution is 5.83. The number of hydrogen-bond donors (Lipinski definition) is 0. The number of Topliss-reactive ketones (excluding diaryl/α,β-unsaturated/α-hetero) is 1. The molecule has 0 aliphatic carbocycles. The predicted molar refractivity (Wildman–Crippen MR) is 65.4 cm³/mol. The topological polar surface area (TPSA) is 30.0 Å². The van der Waals surface area contributed by atoms with Crippen molar-refractivity contribution in [1.29, 1.82) is 0 Å². The zero-order chi connectivity index (χ0) is 11.4. The molecular formula is C14H15NO. The van der Waals surface area contributed by atoms with Crippen LogP contribution in [0, 0.1) is 0 Å². The number of carbonyl (C=O) groups is 1. The summed E-state index contributed by atoms with van der Waals surface area (Å²) in [5.41, 5.74) is 2.22. The molecule has 0 N–H and O–H groups in total. The number of carbonyl (C=O) groups excluding carboxylic acids is 1. The summed E-state index contributed by atoms with van der Waals surface area (Å²) in [6, 6.07) is 10.1. The average molecular weight is 213 g/mol. The molecule has 1 heterocycles. The monoisotopic (exact) mass is 213 g/mol. The Hall–Kier alpha value is -1.70. The van der Waals surface area contributed by atoms with Crippen LogP contribution >= 0.6 is 0 Å². The van der Waals surface area contributed by atoms with Crippen LogP contribution in [0.15, 0.2) is 36.5 Å². The quantitative estimate of drug-likeness (QED) is 0.781. The van der Waals surface area contributed by atoms with Crippen LogP contribution in [-0.2, 0) is 11.2 Å². The maximum atomic E-state index is 11.3. The molecule has 0 amide bonds. The lowest BCUT2D eigenvalue weighted by molar-refractivity contribution is -0.118. The third-order valence-electron chi connectivity index (χ3n) is 2.80. The van der Waals surface area contributed by atoms with Gasteiger partial charge in [-0.2, -0.15) is 0 Å². The van der Waals surface area contributed by atoms with Gasteiger partial charge in [0.1, 0.15) is 5.78 Å². The lowest BCUT2D eigenvalue weighted by Crippen LogP contribution is -1.98. The third-order valence-corrected chi connectivity index (χ3v) is 2.80. The molecule has 0 radical (unpaired) electrons. The number of ketones is 1. The van der Waals surface area contributed by atoms with E-state index in [0.717, 1.165) is 17.3 Å². The van der Waals surface area contributed by atoms with E-state index >= 15 is 0 Å². The summed E-state index contributed by atoms with van der Waals surface area (Å²) in [6.07, 6.45) is 3.87. The molecule has 16 heavy (non-hydrogen) atoms. The molecule has 2 nitrogen and oxygen atoms in total. The molecule has 82 valence electrons. The summed E-state index contributed by atoms with van der Waals surface area (Å²) >= 11 is 0. The van der Waals surface area contributed by atoms with E-state index in [-0.39, 0.29) is 0 Å². The van der Waals surface area contributed by atoms with Crippen molar-refractivity contribution in [2.24, 2.45) is 0 Å². The van der Waals surface area contributed by atoms with E-state index < -0.39 is 0 Å². The van der Waals surface area contributed by atoms with Crippen molar-refractivity contribution in [3.63, 3.8) is 0 Å². The molecule has 1 aromatic carbocycles. The summed E-state index contributed by atoms with van der Waals surface area (Å²) in [7, 11) is 0. The number of benzene rings is 1. The lowest BCUT2D eigenvalue weighted by atomic mass is 10.0. The predicted octanol–water partition coefficient (Wildman–Crippen LogP) is 3.15. The van der Waals surface area contributed by atoms with Crippen LogP contribution < -0.4 is 0 Å². The summed E-state index contributed by atoms with van der Waals surface area (Å²) in [4.78, 5) is 15.6. The van der Waals surface area contributed by atoms with Gasteiger partial charge < -0.3 is 0 Å². The molecule has 0 saturated heterocycles. The summed E-state index contributed by atoms with van der Waals surface area (Å²) in [5, 5.41) is 1.16. The van der Waals surface area contributed by atoms with Gasteiger partial charge in [-0.05, 0) is 24.1 Å². The molecule has 0 fully saturated rings. The van der Waals surface area contributed by atoms with Gasteiger partial charge in [0.15, 0.2) is 0 Å². The summed E-state index contributed by atoms with van der Waals surface area (Å²) in [6.45, 7) is 1.91. The Labute approximate surface area is 95.3 Å². The van der Waals surface area contributed by atoms with Crippen LogP contribution in [0.2, 0.25) is 0 Å². The first-order valence-corrected chi connectivity index (χ1v) is 5.65. The number of rotatable bonds is 4. The van der Waals surface area contributed by atoms with Gasteiger partial charge >= 0.3 is 0 Å². The molecule has 0 aliphatic heterocycles. The highest BCUT2D eigenvalue weighted by atomic mass is 16.1. The molecule has 0 unspecified atom stereocenters. The van der Waals surface area contributed by atoms with E-state index in [0.29, 0.717) is 18.6 Å². The largest absolute Gasteiger partial charge is 0.300 e. The molecule has 2 heteroatoms. The maximum Gasteiger partial charge on any atom is 0.132 e. The smallest absolute Gasteiger partial charge is 0.132 e. The minimum atomic E-state index is 0.320. The molecule has 0 aliphatic rings. The normalized spacial score (nSPS) is 10.6. The molecule has 2 rings (SSSR count). The SMILES string of the molecule is CCC(=O)CCc1cccc2ncccc12. The van der Waals surface area contributed by atoms with E-state index in [1.54, 1.807) is 6.20 Å². The fourth-order valence-electron chi connectivity index (χ4n) is 1.84. The van der Waals surface area contributed by atoms with Crippen LogP contribution in [0.3, 0.4) is 0 Å². The first-order chi connectivity index (χ1) is 7.81. The van der Waals surface area contributed by atoms with Crippen molar-refractivity contribution in [3.8, 4) is 0 Å². The average Bonchev–Trinajstić information content (AvgIpc) is 2.35. The van der Waals surface area contributed by atoms with Gasteiger partial charge in [-0.1, -0.05) is 25.1 Å². The molecule has 0 bridgehead atoms. The van der Waals surface area contributed by atoms with E-state index in [2.05, 4.69) is 17.1 Å². The van der Waals surface area contributed by atoms with Gasteiger partial charge in [0.25, 0.3) is 0 Å². The van der Waals surface area contributed by atoms with E-state index in [1.165, 1.54) is 5.56 Å². The van der Waals surface area contributed by atoms with Crippen LogP contribution in [0.5, 0.6) is 0 Å². The Morgan fingerprint density at radius 2 is 2.12 bits per heavy atom. The molecule has 1 aromatic heterocycles. The minimum absolute atomic E-state index is 0.320. The zero-order valence-corrected chi connectivity index (χ0v) is 9.44. The molecular weight excluding hydrogens is 198 g/mol. The van der Waals surface area contributed by atoms with Crippen LogP contribution in [-0.4, -0.2) is 10.8 Å². The van der Waals surface area contributed by atoms with Gasteiger partial charge in [0, 0.05) is 24.4 Å². The van der Waals surface area contributed by atoms with Crippen molar-refractivity contribution < 1.29 is 4.79 Å². The van der Waals surface area contributed by atoms with Crippen molar-refractivity contribution in [2.45, 2.75) is 26.2 Å². The highest BCUT2D eigenvalue weighted by Crippen LogP contribution is 2.17. The number of hydrogen-bond acceptors (Lipinski definition) is 2. The van der Waals surface area contributed by atoms with Crippen molar-refractivity contribution in [3.05, 3.63) is 42.1 Å². The second-order valence-electron chi connectivity index (χ2n) is 3.88. The van der Waals surface area contributed by atoms with Gasteiger partial charge in [0.05, 0.1) is 5.52 Å². The third kappa shape index (κ3) is 2.27. The van der Waals surface area contributed by atoms with Crippen molar-refractivity contribution in [2.75, 3.05) is 0 Å². The first kappa shape index (κ1) is 10.8. The Morgan fingerprint density at radius 3 is 2.94 bits per heavy atom. The number of aromatic nitrogens is 1. The minimum Gasteiger partial charge on any atom is -0.300 e. The number of pyridine rings is 1. The number of nitrogens with zero attached hydrogens (tertiary/aromatic N) is 1. The second-order valence-corrected chi connectivity index (χ2v) is 3.88. The highest BCUT2D eigenvalue weighted by Gasteiger charge is 2.03. The van der Waals surface area contributed by atoms with Gasteiger partial charge in [-0.15, -0.1) is 0 Å². The Balaban J connectivity index is 2.27. The van der Waals surface area contributed by atoms with Gasteiger partial charge in [-0.25, -0.2) is 0 Å². The molecule has 0 atom stereocenters. The Bertz CT molecular complexity index is 500. The number of aryl methyl sites for hydroxylation is 1. The second kappa shape index (κ2) is 4.88. The van der Waals surface area contributed by atoms with Crippen LogP contribution in [0.25, 0.3) is 10.9 Å². The van der Waals surface area contributed by atoms with Crippen molar-refractivity contribution >= 4 is 16.7 Å². The molecule has 2 aromatic rings. The van der Waals surface area contributed by atoms with Gasteiger partial charge in [0.2, 0.25) is 0 Å². The van der Waals surface area contributed by atoms with E-state index in [9.17, 15) is 4.79 Å². The zero-order valence-electron chi connectivity index (χ0n) is 9.44. The van der Waals surface area contributed by atoms with Crippen molar-refractivity contribution in [1.82, 2.24) is 4.98 Å². The lowest BCUT2D eigenvalue weighted by Gasteiger charge is -2.04.